The lowest BCUT2D eigenvalue weighted by molar-refractivity contribution is -0.145. The number of rotatable bonds is 12. The predicted octanol–water partition coefficient (Wildman–Crippen LogP) is 1.58. The minimum absolute atomic E-state index is 0.0142. The van der Waals surface area contributed by atoms with Crippen molar-refractivity contribution in [3.63, 3.8) is 0 Å². The van der Waals surface area contributed by atoms with Gasteiger partial charge in [-0.1, -0.05) is 52.9 Å². The van der Waals surface area contributed by atoms with Gasteiger partial charge in [0.25, 0.3) is 5.91 Å². The summed E-state index contributed by atoms with van der Waals surface area (Å²) < 4.78 is 0. The topological polar surface area (TPSA) is 154 Å². The molecule has 0 radical (unpaired) electrons. The molecule has 11 heteroatoms. The predicted molar refractivity (Wildman–Crippen MR) is 153 cm³/mol. The maximum absolute atomic E-state index is 13.9. The van der Waals surface area contributed by atoms with Crippen molar-refractivity contribution in [1.82, 2.24) is 26.2 Å². The van der Waals surface area contributed by atoms with Gasteiger partial charge >= 0.3 is 0 Å². The molecule has 0 spiro atoms. The lowest BCUT2D eigenvalue weighted by atomic mass is 9.84. The summed E-state index contributed by atoms with van der Waals surface area (Å²) in [4.78, 5) is 79.7. The third-order valence-electron chi connectivity index (χ3n) is 8.49. The summed E-state index contributed by atoms with van der Waals surface area (Å²) in [5.74, 6) is -3.24. The van der Waals surface area contributed by atoms with Crippen LogP contribution in [0.3, 0.4) is 0 Å². The van der Waals surface area contributed by atoms with Crippen molar-refractivity contribution in [2.24, 2.45) is 17.3 Å². The van der Waals surface area contributed by atoms with Crippen LogP contribution in [-0.4, -0.2) is 78.0 Å². The highest BCUT2D eigenvalue weighted by molar-refractivity contribution is 6.38. The first-order valence-corrected chi connectivity index (χ1v) is 15.3. The summed E-state index contributed by atoms with van der Waals surface area (Å²) in [7, 11) is 1.54. The van der Waals surface area contributed by atoms with Crippen LogP contribution in [0.25, 0.3) is 0 Å². The molecular weight excluding hydrogens is 526 g/mol. The molecule has 41 heavy (non-hydrogen) atoms. The molecule has 4 atom stereocenters. The Morgan fingerprint density at radius 1 is 0.927 bits per heavy atom. The van der Waals surface area contributed by atoms with Gasteiger partial charge in [-0.3, -0.25) is 28.8 Å². The molecule has 0 bridgehead atoms. The second-order valence-electron chi connectivity index (χ2n) is 13.2. The molecule has 3 fully saturated rings. The van der Waals surface area contributed by atoms with E-state index >= 15 is 0 Å². The first-order chi connectivity index (χ1) is 19.3. The fourth-order valence-corrected chi connectivity index (χ4v) is 5.60. The molecular formula is C30H49N5O6. The number of hydrogen-bond acceptors (Lipinski definition) is 6. The highest BCUT2D eigenvalue weighted by Gasteiger charge is 2.39. The monoisotopic (exact) mass is 575 g/mol. The third-order valence-corrected chi connectivity index (χ3v) is 8.49. The normalized spacial score (nSPS) is 22.0. The van der Waals surface area contributed by atoms with Gasteiger partial charge in [0, 0.05) is 31.0 Å². The minimum Gasteiger partial charge on any atom is -0.356 e. The summed E-state index contributed by atoms with van der Waals surface area (Å²) in [6.07, 6.45) is 8.46. The van der Waals surface area contributed by atoms with E-state index in [1.807, 2.05) is 0 Å². The molecule has 1 heterocycles. The summed E-state index contributed by atoms with van der Waals surface area (Å²) in [5.41, 5.74) is -0.688. The van der Waals surface area contributed by atoms with E-state index in [1.54, 1.807) is 34.7 Å². The number of amides is 5. The van der Waals surface area contributed by atoms with Crippen molar-refractivity contribution in [1.29, 1.82) is 0 Å². The van der Waals surface area contributed by atoms with Crippen LogP contribution in [0.1, 0.15) is 98.3 Å². The zero-order chi connectivity index (χ0) is 30.3. The molecule has 2 aliphatic carbocycles. The fraction of sp³-hybridized carbons (Fsp3) is 0.800. The molecule has 230 valence electrons. The molecule has 2 saturated carbocycles. The Kier molecular flexibility index (Phi) is 11.3. The molecule has 3 rings (SSSR count). The Morgan fingerprint density at radius 3 is 2.17 bits per heavy atom. The van der Waals surface area contributed by atoms with Gasteiger partial charge in [0.1, 0.15) is 12.1 Å². The number of piperidine rings is 1. The van der Waals surface area contributed by atoms with Crippen LogP contribution in [-0.2, 0) is 28.8 Å². The molecule has 1 saturated heterocycles. The molecule has 0 unspecified atom stereocenters. The quantitative estimate of drug-likeness (QED) is 0.259. The molecule has 0 aromatic carbocycles. The molecule has 4 N–H and O–H groups in total. The number of ketones is 1. The molecule has 0 aromatic heterocycles. The molecule has 11 nitrogen and oxygen atoms in total. The number of carbonyl (C=O) groups excluding carboxylic acids is 6. The molecule has 3 aliphatic rings. The number of Topliss-reactive ketones (excluding diaryl/α,β-unsaturated/α-hetero) is 1. The average molecular weight is 576 g/mol. The summed E-state index contributed by atoms with van der Waals surface area (Å²) in [5, 5.41) is 11.0. The molecule has 1 aliphatic heterocycles. The highest BCUT2D eigenvalue weighted by atomic mass is 16.2. The zero-order valence-electron chi connectivity index (χ0n) is 25.3. The Labute approximate surface area is 243 Å². The number of nitrogens with zero attached hydrogens (tertiary/aromatic N) is 1. The van der Waals surface area contributed by atoms with Gasteiger partial charge in [0.2, 0.25) is 29.4 Å². The van der Waals surface area contributed by atoms with E-state index in [4.69, 9.17) is 0 Å². The van der Waals surface area contributed by atoms with Crippen molar-refractivity contribution in [2.45, 2.75) is 122 Å². The van der Waals surface area contributed by atoms with Gasteiger partial charge in [-0.25, -0.2) is 0 Å². The summed E-state index contributed by atoms with van der Waals surface area (Å²) in [6.45, 7) is 7.42. The third kappa shape index (κ3) is 9.53. The van der Waals surface area contributed by atoms with Gasteiger partial charge in [-0.2, -0.15) is 0 Å². The maximum atomic E-state index is 13.9. The van der Waals surface area contributed by atoms with Crippen molar-refractivity contribution >= 4 is 35.3 Å². The summed E-state index contributed by atoms with van der Waals surface area (Å²) in [6, 6.07) is -2.98. The van der Waals surface area contributed by atoms with Crippen LogP contribution in [0, 0.1) is 17.3 Å². The van der Waals surface area contributed by atoms with Gasteiger partial charge in [0.15, 0.2) is 0 Å². The van der Waals surface area contributed by atoms with Crippen LogP contribution in [0.15, 0.2) is 0 Å². The van der Waals surface area contributed by atoms with Crippen LogP contribution >= 0.6 is 0 Å². The summed E-state index contributed by atoms with van der Waals surface area (Å²) >= 11 is 0. The Hall–Kier alpha value is -2.98. The zero-order valence-corrected chi connectivity index (χ0v) is 25.3. The van der Waals surface area contributed by atoms with Crippen molar-refractivity contribution < 1.29 is 28.8 Å². The first-order valence-electron chi connectivity index (χ1n) is 15.3. The van der Waals surface area contributed by atoms with Crippen LogP contribution in [0.2, 0.25) is 0 Å². The number of likely N-dealkylation sites (N-methyl/N-ethyl adjacent to an activating group) is 1. The first kappa shape index (κ1) is 32.5. The SMILES string of the molecule is C[C@@H](NC(=O)C(C)(C)C)C(=O)N(C)[C@@H](CC1CCCCC1)C(=O)N[C@@H](C[C@@H]1CCCNC1=O)C(=O)C(=O)NC1CC1. The maximum Gasteiger partial charge on any atom is 0.289 e. The standard InChI is InChI=1S/C30H49N5O6/c1-18(32-29(41)30(2,3)4)28(40)35(5)23(16-19-10-7-6-8-11-19)26(38)34-22(17-20-12-9-15-31-25(20)37)24(36)27(39)33-21-13-14-21/h18-23H,6-17H2,1-5H3,(H,31,37)(H,32,41)(H,33,39)(H,34,38)/t18-,20+,22+,23+/m1/s1. The Balaban J connectivity index is 1.80. The van der Waals surface area contributed by atoms with E-state index in [2.05, 4.69) is 21.3 Å². The number of nitrogens with one attached hydrogen (secondary N) is 4. The number of carbonyl (C=O) groups is 6. The largest absolute Gasteiger partial charge is 0.356 e. The van der Waals surface area contributed by atoms with Crippen molar-refractivity contribution in [3.05, 3.63) is 0 Å². The van der Waals surface area contributed by atoms with E-state index in [-0.39, 0.29) is 30.2 Å². The van der Waals surface area contributed by atoms with Crippen molar-refractivity contribution in [3.8, 4) is 0 Å². The van der Waals surface area contributed by atoms with Crippen molar-refractivity contribution in [2.75, 3.05) is 13.6 Å². The molecule has 0 aromatic rings. The lowest BCUT2D eigenvalue weighted by Crippen LogP contribution is -2.58. The van der Waals surface area contributed by atoms with Gasteiger partial charge in [0.05, 0.1) is 6.04 Å². The molecule has 5 amide bonds. The smallest absolute Gasteiger partial charge is 0.289 e. The highest BCUT2D eigenvalue weighted by Crippen LogP contribution is 2.29. The van der Waals surface area contributed by atoms with E-state index in [1.165, 1.54) is 4.90 Å². The van der Waals surface area contributed by atoms with E-state index < -0.39 is 53.0 Å². The second-order valence-corrected chi connectivity index (χ2v) is 13.2. The van der Waals surface area contributed by atoms with Gasteiger partial charge in [-0.05, 0) is 51.4 Å². The van der Waals surface area contributed by atoms with Crippen LogP contribution in [0.5, 0.6) is 0 Å². The minimum atomic E-state index is -1.19. The van der Waals surface area contributed by atoms with Crippen LogP contribution in [0.4, 0.5) is 0 Å². The Bertz CT molecular complexity index is 998. The fourth-order valence-electron chi connectivity index (χ4n) is 5.60. The van der Waals surface area contributed by atoms with Gasteiger partial charge < -0.3 is 26.2 Å². The number of hydrogen-bond donors (Lipinski definition) is 4. The van der Waals surface area contributed by atoms with Gasteiger partial charge in [-0.15, -0.1) is 0 Å². The lowest BCUT2D eigenvalue weighted by Gasteiger charge is -2.35. The van der Waals surface area contributed by atoms with E-state index in [0.29, 0.717) is 19.4 Å². The second kappa shape index (κ2) is 14.3. The average Bonchev–Trinajstić information content (AvgIpc) is 3.75. The Morgan fingerprint density at radius 2 is 1.59 bits per heavy atom. The van der Waals surface area contributed by atoms with Crippen LogP contribution < -0.4 is 21.3 Å². The van der Waals surface area contributed by atoms with E-state index in [0.717, 1.165) is 51.4 Å². The van der Waals surface area contributed by atoms with E-state index in [9.17, 15) is 28.8 Å².